The van der Waals surface area contributed by atoms with E-state index in [1.165, 1.54) is 44.2 Å². The van der Waals surface area contributed by atoms with Gasteiger partial charge in [0, 0.05) is 0 Å². The van der Waals surface area contributed by atoms with Crippen LogP contribution in [0.2, 0.25) is 0 Å². The fraction of sp³-hybridized carbons (Fsp3) is 0.0833. The number of rotatable bonds is 2. The van der Waals surface area contributed by atoms with Gasteiger partial charge >= 0.3 is 0 Å². The van der Waals surface area contributed by atoms with E-state index >= 15 is 0 Å². The smallest absolute Gasteiger partial charge is 0.0178 e. The van der Waals surface area contributed by atoms with Gasteiger partial charge in [-0.15, -0.1) is 0 Å². The van der Waals surface area contributed by atoms with Gasteiger partial charge in [0.05, 0.1) is 0 Å². The highest BCUT2D eigenvalue weighted by Gasteiger charge is 2.02. The minimum absolute atomic E-state index is 1.26. The molecule has 0 fully saturated rings. The van der Waals surface area contributed by atoms with E-state index in [1.807, 2.05) is 0 Å². The van der Waals surface area contributed by atoms with Crippen LogP contribution in [-0.2, 0) is 0 Å². The highest BCUT2D eigenvalue weighted by molar-refractivity contribution is 5.88. The number of benzene rings is 4. The second-order valence-electron chi connectivity index (χ2n) is 6.51. The van der Waals surface area contributed by atoms with Gasteiger partial charge in [0.25, 0.3) is 0 Å². The summed E-state index contributed by atoms with van der Waals surface area (Å²) in [4.78, 5) is 0. The summed E-state index contributed by atoms with van der Waals surface area (Å²) in [6.45, 7) is 4.26. The second kappa shape index (κ2) is 5.98. The molecule has 0 aliphatic carbocycles. The molecule has 0 heterocycles. The fourth-order valence-corrected chi connectivity index (χ4v) is 3.15. The third-order valence-electron chi connectivity index (χ3n) is 4.60. The van der Waals surface area contributed by atoms with Crippen molar-refractivity contribution in [2.45, 2.75) is 13.8 Å². The molecule has 0 saturated carbocycles. The normalized spacial score (nSPS) is 10.9. The van der Waals surface area contributed by atoms with Crippen LogP contribution in [0.1, 0.15) is 11.1 Å². The molecule has 0 saturated heterocycles. The molecule has 0 spiro atoms. The topological polar surface area (TPSA) is 0 Å². The maximum Gasteiger partial charge on any atom is -0.0178 e. The van der Waals surface area contributed by atoms with Crippen LogP contribution in [0.5, 0.6) is 0 Å². The molecule has 0 nitrogen and oxygen atoms in total. The van der Waals surface area contributed by atoms with Crippen LogP contribution in [0.4, 0.5) is 0 Å². The van der Waals surface area contributed by atoms with Crippen LogP contribution < -0.4 is 0 Å². The molecule has 4 aromatic rings. The first-order chi connectivity index (χ1) is 11.7. The van der Waals surface area contributed by atoms with E-state index in [1.54, 1.807) is 0 Å². The summed E-state index contributed by atoms with van der Waals surface area (Å²) in [6, 6.07) is 30.8. The zero-order valence-electron chi connectivity index (χ0n) is 14.1. The van der Waals surface area contributed by atoms with Crippen molar-refractivity contribution in [3.05, 3.63) is 96.1 Å². The highest BCUT2D eigenvalue weighted by atomic mass is 14.1. The summed E-state index contributed by atoms with van der Waals surface area (Å²) in [7, 11) is 0. The van der Waals surface area contributed by atoms with Crippen LogP contribution in [0.25, 0.3) is 33.0 Å². The molecule has 24 heavy (non-hydrogen) atoms. The zero-order valence-corrected chi connectivity index (χ0v) is 14.1. The first kappa shape index (κ1) is 14.7. The molecule has 0 aliphatic heterocycles. The summed E-state index contributed by atoms with van der Waals surface area (Å²) < 4.78 is 0. The van der Waals surface area contributed by atoms with Crippen molar-refractivity contribution < 1.29 is 0 Å². The van der Waals surface area contributed by atoms with Crippen molar-refractivity contribution in [1.29, 1.82) is 0 Å². The van der Waals surface area contributed by atoms with Crippen molar-refractivity contribution >= 4 is 10.8 Å². The minimum atomic E-state index is 1.26. The molecule has 0 aliphatic rings. The molecule has 0 bridgehead atoms. The Morgan fingerprint density at radius 1 is 0.375 bits per heavy atom. The Balaban J connectivity index is 1.69. The van der Waals surface area contributed by atoms with Crippen LogP contribution in [0.15, 0.2) is 84.9 Å². The largest absolute Gasteiger partial charge is 0.0587 e. The monoisotopic (exact) mass is 308 g/mol. The van der Waals surface area contributed by atoms with Crippen molar-refractivity contribution in [2.75, 3.05) is 0 Å². The predicted octanol–water partition coefficient (Wildman–Crippen LogP) is 6.79. The van der Waals surface area contributed by atoms with Crippen LogP contribution in [0.3, 0.4) is 0 Å². The van der Waals surface area contributed by atoms with E-state index in [9.17, 15) is 0 Å². The molecular formula is C24H20. The van der Waals surface area contributed by atoms with E-state index in [4.69, 9.17) is 0 Å². The fourth-order valence-electron chi connectivity index (χ4n) is 3.15. The first-order valence-electron chi connectivity index (χ1n) is 8.37. The number of hydrogen-bond acceptors (Lipinski definition) is 0. The van der Waals surface area contributed by atoms with Crippen molar-refractivity contribution in [2.24, 2.45) is 0 Å². The molecule has 4 aromatic carbocycles. The molecule has 0 N–H and O–H groups in total. The lowest BCUT2D eigenvalue weighted by Crippen LogP contribution is -1.82. The molecule has 4 rings (SSSR count). The van der Waals surface area contributed by atoms with E-state index in [0.29, 0.717) is 0 Å². The summed E-state index contributed by atoms with van der Waals surface area (Å²) in [5.74, 6) is 0. The van der Waals surface area contributed by atoms with Crippen LogP contribution >= 0.6 is 0 Å². The van der Waals surface area contributed by atoms with E-state index in [2.05, 4.69) is 98.8 Å². The maximum absolute atomic E-state index is 2.27. The van der Waals surface area contributed by atoms with Gasteiger partial charge in [-0.2, -0.15) is 0 Å². The minimum Gasteiger partial charge on any atom is -0.0587 e. The number of aryl methyl sites for hydroxylation is 2. The maximum atomic E-state index is 2.27. The molecule has 0 atom stereocenters. The van der Waals surface area contributed by atoms with Crippen LogP contribution in [0, 0.1) is 13.8 Å². The van der Waals surface area contributed by atoms with E-state index in [0.717, 1.165) is 0 Å². The summed E-state index contributed by atoms with van der Waals surface area (Å²) >= 11 is 0. The molecule has 0 heteroatoms. The predicted molar refractivity (Wildman–Crippen MR) is 104 cm³/mol. The Kier molecular flexibility index (Phi) is 3.66. The third-order valence-corrected chi connectivity index (χ3v) is 4.60. The summed E-state index contributed by atoms with van der Waals surface area (Å²) in [5.41, 5.74) is 7.64. The molecular weight excluding hydrogens is 288 g/mol. The average molecular weight is 308 g/mol. The van der Waals surface area contributed by atoms with Crippen molar-refractivity contribution in [1.82, 2.24) is 0 Å². The Hall–Kier alpha value is -2.86. The Labute approximate surface area is 143 Å². The quantitative estimate of drug-likeness (QED) is 0.382. The van der Waals surface area contributed by atoms with Gasteiger partial charge in [-0.05, 0) is 52.9 Å². The van der Waals surface area contributed by atoms with Gasteiger partial charge in [0.1, 0.15) is 0 Å². The van der Waals surface area contributed by atoms with Gasteiger partial charge < -0.3 is 0 Å². The SMILES string of the molecule is Cc1ccc(-c2ccc(-c3ccc4cc(C)ccc4c3)cc2)cc1. The Morgan fingerprint density at radius 3 is 1.46 bits per heavy atom. The molecule has 0 unspecified atom stereocenters. The van der Waals surface area contributed by atoms with E-state index in [-0.39, 0.29) is 0 Å². The molecule has 116 valence electrons. The van der Waals surface area contributed by atoms with Crippen LogP contribution in [-0.4, -0.2) is 0 Å². The Bertz CT molecular complexity index is 990. The van der Waals surface area contributed by atoms with Gasteiger partial charge in [-0.3, -0.25) is 0 Å². The lowest BCUT2D eigenvalue weighted by Gasteiger charge is -2.07. The number of fused-ring (bicyclic) bond motifs is 1. The lowest BCUT2D eigenvalue weighted by atomic mass is 9.97. The Morgan fingerprint density at radius 2 is 0.792 bits per heavy atom. The standard InChI is InChI=1S/C24H20/c1-17-3-6-19(7-4-17)20-9-11-21(12-10-20)23-14-13-22-15-18(2)5-8-24(22)16-23/h3-16H,1-2H3. The third kappa shape index (κ3) is 2.83. The first-order valence-corrected chi connectivity index (χ1v) is 8.37. The van der Waals surface area contributed by atoms with Gasteiger partial charge in [-0.25, -0.2) is 0 Å². The van der Waals surface area contributed by atoms with Gasteiger partial charge in [0.15, 0.2) is 0 Å². The summed E-state index contributed by atoms with van der Waals surface area (Å²) in [6.07, 6.45) is 0. The van der Waals surface area contributed by atoms with E-state index < -0.39 is 0 Å². The molecule has 0 aromatic heterocycles. The van der Waals surface area contributed by atoms with Crippen molar-refractivity contribution in [3.63, 3.8) is 0 Å². The van der Waals surface area contributed by atoms with Gasteiger partial charge in [0.2, 0.25) is 0 Å². The number of hydrogen-bond donors (Lipinski definition) is 0. The average Bonchev–Trinajstić information content (AvgIpc) is 2.62. The zero-order chi connectivity index (χ0) is 16.5. The molecule has 0 amide bonds. The lowest BCUT2D eigenvalue weighted by molar-refractivity contribution is 1.47. The van der Waals surface area contributed by atoms with Crippen molar-refractivity contribution in [3.8, 4) is 22.3 Å². The second-order valence-corrected chi connectivity index (χ2v) is 6.51. The summed E-state index contributed by atoms with van der Waals surface area (Å²) in [5, 5.41) is 2.59. The molecule has 0 radical (unpaired) electrons. The highest BCUT2D eigenvalue weighted by Crippen LogP contribution is 2.28. The van der Waals surface area contributed by atoms with Gasteiger partial charge in [-0.1, -0.05) is 90.0 Å².